The monoisotopic (exact) mass is 542 g/mol. The Balaban J connectivity index is 1.45. The number of alkyl halides is 3. The molecular weight excluding hydrogens is 520 g/mol. The quantitative estimate of drug-likeness (QED) is 0.123. The van der Waals surface area contributed by atoms with Gasteiger partial charge >= 0.3 is 6.18 Å². The third-order valence-electron chi connectivity index (χ3n) is 7.22. The highest BCUT2D eigenvalue weighted by atomic mass is 19.4. The van der Waals surface area contributed by atoms with Crippen molar-refractivity contribution >= 4 is 29.6 Å². The maximum atomic E-state index is 13.8. The summed E-state index contributed by atoms with van der Waals surface area (Å²) in [6.07, 6.45) is -4.94. The lowest BCUT2D eigenvalue weighted by Crippen LogP contribution is -2.81. The number of carbonyl (C=O) groups excluding carboxylic acids is 3. The number of halogens is 4. The molecule has 1 aromatic rings. The molecule has 8 N–H and O–H groups in total. The Morgan fingerprint density at radius 1 is 1.13 bits per heavy atom. The molecule has 4 heterocycles. The number of rotatable bonds is 4. The number of carbonyl (C=O) groups is 3. The van der Waals surface area contributed by atoms with Crippen molar-refractivity contribution < 1.29 is 42.2 Å². The molecule has 0 aromatic heterocycles. The van der Waals surface area contributed by atoms with Crippen LogP contribution in [0, 0.1) is 16.6 Å². The lowest BCUT2D eigenvalue weighted by Gasteiger charge is -2.51. The minimum absolute atomic E-state index is 0.000604. The van der Waals surface area contributed by atoms with Crippen LogP contribution in [0.25, 0.3) is 0 Å². The molecule has 2 unspecified atom stereocenters. The molecule has 0 aliphatic carbocycles. The summed E-state index contributed by atoms with van der Waals surface area (Å²) in [6, 6.07) is -2.60. The molecule has 1 spiro atoms. The average Bonchev–Trinajstić information content (AvgIpc) is 3.41. The number of likely N-dealkylation sites (tertiary alicyclic amines) is 1. The number of imide groups is 1. The van der Waals surface area contributed by atoms with Crippen LogP contribution in [0.4, 0.5) is 17.6 Å². The summed E-state index contributed by atoms with van der Waals surface area (Å²) >= 11 is 0. The second kappa shape index (κ2) is 8.26. The molecule has 4 saturated heterocycles. The topological polar surface area (TPSA) is 194 Å². The SMILES string of the molecule is N=C1N[C@H]2C(CN3C(=O)CCC3=O)NC(=N)N3CC(NC(=O)c4cc(F)cc(C(F)(F)F)c4)C(O)(O)[C@]23N1. The van der Waals surface area contributed by atoms with Gasteiger partial charge in [-0.1, -0.05) is 0 Å². The van der Waals surface area contributed by atoms with E-state index in [1.807, 2.05) is 0 Å². The Morgan fingerprint density at radius 2 is 1.79 bits per heavy atom. The van der Waals surface area contributed by atoms with Gasteiger partial charge in [0, 0.05) is 24.9 Å². The van der Waals surface area contributed by atoms with E-state index in [9.17, 15) is 42.2 Å². The summed E-state index contributed by atoms with van der Waals surface area (Å²) in [4.78, 5) is 39.2. The van der Waals surface area contributed by atoms with Gasteiger partial charge in [0.25, 0.3) is 5.91 Å². The van der Waals surface area contributed by atoms with Crippen molar-refractivity contribution in [2.45, 2.75) is 48.6 Å². The van der Waals surface area contributed by atoms with E-state index in [0.29, 0.717) is 12.1 Å². The smallest absolute Gasteiger partial charge is 0.361 e. The Morgan fingerprint density at radius 3 is 2.42 bits per heavy atom. The van der Waals surface area contributed by atoms with Gasteiger partial charge in [0.15, 0.2) is 17.6 Å². The van der Waals surface area contributed by atoms with Crippen molar-refractivity contribution in [2.75, 3.05) is 13.1 Å². The van der Waals surface area contributed by atoms with Crippen LogP contribution in [-0.4, -0.2) is 92.3 Å². The highest BCUT2D eigenvalue weighted by molar-refractivity contribution is 6.02. The van der Waals surface area contributed by atoms with Crippen molar-refractivity contribution in [3.05, 3.63) is 35.1 Å². The summed E-state index contributed by atoms with van der Waals surface area (Å²) in [7, 11) is 0. The van der Waals surface area contributed by atoms with E-state index >= 15 is 0 Å². The van der Waals surface area contributed by atoms with Gasteiger partial charge in [-0.25, -0.2) is 4.39 Å². The molecule has 3 amide bonds. The first-order chi connectivity index (χ1) is 17.6. The predicted octanol–water partition coefficient (Wildman–Crippen LogP) is -1.81. The van der Waals surface area contributed by atoms with Crippen molar-refractivity contribution in [3.63, 3.8) is 0 Å². The highest BCUT2D eigenvalue weighted by Gasteiger charge is 2.74. The average molecular weight is 542 g/mol. The number of hydrogen-bond acceptors (Lipinski definition) is 7. The molecule has 17 heteroatoms. The van der Waals surface area contributed by atoms with Gasteiger partial charge in [-0.15, -0.1) is 0 Å². The minimum Gasteiger partial charge on any atom is -0.361 e. The van der Waals surface area contributed by atoms with Crippen LogP contribution < -0.4 is 21.3 Å². The number of guanidine groups is 2. The van der Waals surface area contributed by atoms with E-state index in [1.54, 1.807) is 0 Å². The second-order valence-corrected chi connectivity index (χ2v) is 9.48. The van der Waals surface area contributed by atoms with Crippen LogP contribution in [0.3, 0.4) is 0 Å². The van der Waals surface area contributed by atoms with Crippen LogP contribution in [-0.2, 0) is 15.8 Å². The largest absolute Gasteiger partial charge is 0.416 e. The normalized spacial score (nSPS) is 30.0. The first-order valence-corrected chi connectivity index (χ1v) is 11.4. The van der Waals surface area contributed by atoms with Gasteiger partial charge in [0.1, 0.15) is 11.9 Å². The molecule has 0 radical (unpaired) electrons. The molecule has 4 atom stereocenters. The van der Waals surface area contributed by atoms with Crippen LogP contribution in [0.15, 0.2) is 18.2 Å². The Labute approximate surface area is 211 Å². The van der Waals surface area contributed by atoms with Gasteiger partial charge in [-0.2, -0.15) is 13.2 Å². The molecular formula is C21H22F4N8O5. The molecule has 0 saturated carbocycles. The second-order valence-electron chi connectivity index (χ2n) is 9.48. The van der Waals surface area contributed by atoms with Crippen LogP contribution >= 0.6 is 0 Å². The third kappa shape index (κ3) is 3.72. The number of nitrogens with zero attached hydrogens (tertiary/aromatic N) is 2. The molecule has 4 aliphatic heterocycles. The third-order valence-corrected chi connectivity index (χ3v) is 7.22. The summed E-state index contributed by atoms with van der Waals surface area (Å²) in [5.74, 6) is -7.24. The zero-order valence-corrected chi connectivity index (χ0v) is 19.3. The summed E-state index contributed by atoms with van der Waals surface area (Å²) in [5, 5.41) is 49.5. The van der Waals surface area contributed by atoms with E-state index in [0.717, 1.165) is 9.80 Å². The van der Waals surface area contributed by atoms with Crippen LogP contribution in [0.5, 0.6) is 0 Å². The number of amides is 3. The van der Waals surface area contributed by atoms with E-state index in [1.165, 1.54) is 0 Å². The molecule has 0 bridgehead atoms. The van der Waals surface area contributed by atoms with Crippen molar-refractivity contribution in [2.24, 2.45) is 0 Å². The minimum atomic E-state index is -4.94. The Hall–Kier alpha value is -3.99. The zero-order valence-electron chi connectivity index (χ0n) is 19.3. The lowest BCUT2D eigenvalue weighted by atomic mass is 9.84. The number of benzene rings is 1. The number of hydrogen-bond donors (Lipinski definition) is 8. The molecule has 13 nitrogen and oxygen atoms in total. The predicted molar refractivity (Wildman–Crippen MR) is 118 cm³/mol. The van der Waals surface area contributed by atoms with Gasteiger partial charge in [-0.3, -0.25) is 30.1 Å². The fourth-order valence-corrected chi connectivity index (χ4v) is 5.48. The van der Waals surface area contributed by atoms with E-state index in [4.69, 9.17) is 10.8 Å². The summed E-state index contributed by atoms with van der Waals surface area (Å²) in [5.41, 5.74) is -4.21. The van der Waals surface area contributed by atoms with E-state index in [-0.39, 0.29) is 31.4 Å². The molecule has 5 rings (SSSR count). The van der Waals surface area contributed by atoms with Crippen molar-refractivity contribution in [1.29, 1.82) is 10.8 Å². The highest BCUT2D eigenvalue weighted by Crippen LogP contribution is 2.43. The zero-order chi connectivity index (χ0) is 27.8. The number of nitrogens with one attached hydrogen (secondary N) is 6. The van der Waals surface area contributed by atoms with Crippen molar-refractivity contribution in [1.82, 2.24) is 31.1 Å². The maximum Gasteiger partial charge on any atom is 0.416 e. The van der Waals surface area contributed by atoms with Gasteiger partial charge < -0.3 is 36.4 Å². The molecule has 204 valence electrons. The summed E-state index contributed by atoms with van der Waals surface area (Å²) < 4.78 is 53.1. The van der Waals surface area contributed by atoms with Gasteiger partial charge in [0.2, 0.25) is 17.6 Å². The van der Waals surface area contributed by atoms with E-state index < -0.39 is 82.9 Å². The molecule has 4 fully saturated rings. The fourth-order valence-electron chi connectivity index (χ4n) is 5.48. The maximum absolute atomic E-state index is 13.8. The molecule has 38 heavy (non-hydrogen) atoms. The van der Waals surface area contributed by atoms with Crippen LogP contribution in [0.2, 0.25) is 0 Å². The van der Waals surface area contributed by atoms with Crippen LogP contribution in [0.1, 0.15) is 28.8 Å². The molecule has 1 aromatic carbocycles. The standard InChI is InChI=1S/C21H22F4N8O5/c22-10-4-8(3-9(5-10)21(23,24)25)16(36)29-12-7-33-18(27)28-11(6-32-13(34)1-2-14(32)35)15-19(33,20(12,37)38)31-17(26)30-15/h3-5,11-12,15,37-38H,1-2,6-7H2,(H2,27,28)(H,29,36)(H3,26,30,31)/t11?,12?,15-,19-/m0/s1. The van der Waals surface area contributed by atoms with Gasteiger partial charge in [-0.05, 0) is 18.2 Å². The number of aliphatic hydroxyl groups is 2. The first-order valence-electron chi connectivity index (χ1n) is 11.4. The molecule has 4 aliphatic rings. The summed E-state index contributed by atoms with van der Waals surface area (Å²) in [6.45, 7) is -0.725. The van der Waals surface area contributed by atoms with Gasteiger partial charge in [0.05, 0.1) is 24.2 Å². The first kappa shape index (κ1) is 25.7. The Bertz CT molecular complexity index is 1260. The van der Waals surface area contributed by atoms with E-state index in [2.05, 4.69) is 21.3 Å². The lowest BCUT2D eigenvalue weighted by molar-refractivity contribution is -0.232. The van der Waals surface area contributed by atoms with Crippen molar-refractivity contribution in [3.8, 4) is 0 Å². The fraction of sp³-hybridized carbons (Fsp3) is 0.476. The Kier molecular flexibility index (Phi) is 5.57.